The molecule has 1 N–H and O–H groups in total. The Morgan fingerprint density at radius 2 is 1.92 bits per heavy atom. The van der Waals surface area contributed by atoms with Gasteiger partial charge >= 0.3 is 12.2 Å². The lowest BCUT2D eigenvalue weighted by molar-refractivity contribution is -0.761. The average molecular weight is 176 g/mol. The molecule has 70 valence electrons. The van der Waals surface area contributed by atoms with Gasteiger partial charge in [0, 0.05) is 0 Å². The molecule has 0 saturated carbocycles. The summed E-state index contributed by atoms with van der Waals surface area (Å²) in [6, 6.07) is 0. The minimum atomic E-state index is -1.20. The summed E-state index contributed by atoms with van der Waals surface area (Å²) in [7, 11) is 1.31. The van der Waals surface area contributed by atoms with Gasteiger partial charge in [-0.1, -0.05) is 0 Å². The van der Waals surface area contributed by atoms with E-state index in [0.717, 1.165) is 0 Å². The molecule has 0 bridgehead atoms. The quantitative estimate of drug-likeness (QED) is 0.644. The van der Waals surface area contributed by atoms with E-state index >= 15 is 0 Å². The molecule has 0 heterocycles. The van der Waals surface area contributed by atoms with Gasteiger partial charge in [0.15, 0.2) is 0 Å². The summed E-state index contributed by atoms with van der Waals surface area (Å²) in [6.45, 7) is 3.62. The Kier molecular flexibility index (Phi) is 3.69. The second kappa shape index (κ2) is 4.06. The summed E-state index contributed by atoms with van der Waals surface area (Å²) in [4.78, 5) is 21.7. The van der Waals surface area contributed by atoms with Crippen LogP contribution in [0.4, 0.5) is 9.59 Å². The van der Waals surface area contributed by atoms with E-state index in [9.17, 15) is 9.59 Å². The third-order valence-electron chi connectivity index (χ3n) is 1.73. The number of hydrogen-bond acceptors (Lipinski definition) is 3. The van der Waals surface area contributed by atoms with Crippen molar-refractivity contribution in [2.75, 3.05) is 20.2 Å². The zero-order valence-electron chi connectivity index (χ0n) is 7.53. The molecule has 0 aliphatic heterocycles. The van der Waals surface area contributed by atoms with Crippen molar-refractivity contribution in [3.8, 4) is 0 Å². The first-order valence-electron chi connectivity index (χ1n) is 3.75. The molecule has 0 aromatic rings. The molecule has 0 aliphatic rings. The maximum Gasteiger partial charge on any atom is 0.526 e. The number of nitrogens with zero attached hydrogens (tertiary/aromatic N) is 1. The Bertz CT molecular complexity index is 192. The highest BCUT2D eigenvalue weighted by Gasteiger charge is 2.40. The minimum absolute atomic E-state index is 0.175. The van der Waals surface area contributed by atoms with Gasteiger partial charge in [0.2, 0.25) is 0 Å². The number of ether oxygens (including phenoxy) is 1. The Balaban J connectivity index is 4.52. The van der Waals surface area contributed by atoms with Crippen LogP contribution in [0.2, 0.25) is 0 Å². The summed E-state index contributed by atoms with van der Waals surface area (Å²) < 4.78 is 3.88. The summed E-state index contributed by atoms with van der Waals surface area (Å²) in [5, 5.41) is 8.70. The van der Waals surface area contributed by atoms with E-state index < -0.39 is 16.7 Å². The fourth-order valence-corrected chi connectivity index (χ4v) is 0.608. The lowest BCUT2D eigenvalue weighted by Gasteiger charge is -2.21. The maximum atomic E-state index is 11.1. The third kappa shape index (κ3) is 1.94. The summed E-state index contributed by atoms with van der Waals surface area (Å²) in [5.41, 5.74) is 0. The number of carbonyl (C=O) groups is 2. The van der Waals surface area contributed by atoms with E-state index in [1.54, 1.807) is 13.8 Å². The smallest absolute Gasteiger partial charge is 0.435 e. The second-order valence-corrected chi connectivity index (χ2v) is 2.49. The topological polar surface area (TPSA) is 63.6 Å². The van der Waals surface area contributed by atoms with Crippen molar-refractivity contribution in [1.29, 1.82) is 0 Å². The van der Waals surface area contributed by atoms with E-state index in [0.29, 0.717) is 0 Å². The molecule has 5 heteroatoms. The van der Waals surface area contributed by atoms with E-state index in [-0.39, 0.29) is 13.2 Å². The van der Waals surface area contributed by atoms with Crippen LogP contribution in [0.1, 0.15) is 13.8 Å². The van der Waals surface area contributed by atoms with Crippen molar-refractivity contribution in [1.82, 2.24) is 0 Å². The van der Waals surface area contributed by atoms with Gasteiger partial charge in [-0.15, -0.1) is 4.48 Å². The number of imide groups is 1. The first-order valence-corrected chi connectivity index (χ1v) is 3.75. The van der Waals surface area contributed by atoms with Gasteiger partial charge < -0.3 is 9.84 Å². The van der Waals surface area contributed by atoms with Crippen LogP contribution >= 0.6 is 0 Å². The van der Waals surface area contributed by atoms with Crippen LogP contribution in [-0.2, 0) is 4.74 Å². The standard InChI is InChI=1S/C7H13NO4/c1-4-8(3,6(9)10)7(11)12-5-2/h4-5H2,1-3H3/p+1. The molecule has 0 aliphatic carbocycles. The predicted octanol–water partition coefficient (Wildman–Crippen LogP) is 1.29. The van der Waals surface area contributed by atoms with E-state index in [1.807, 2.05) is 0 Å². The SMILES string of the molecule is CCOC(=O)[N+](C)(CC)C(=O)O. The van der Waals surface area contributed by atoms with Crippen molar-refractivity contribution in [2.45, 2.75) is 13.8 Å². The van der Waals surface area contributed by atoms with Crippen LogP contribution in [0.15, 0.2) is 0 Å². The average Bonchev–Trinajstić information content (AvgIpc) is 2.03. The monoisotopic (exact) mass is 176 g/mol. The van der Waals surface area contributed by atoms with Gasteiger partial charge in [-0.3, -0.25) is 0 Å². The molecule has 1 atom stereocenters. The highest BCUT2D eigenvalue weighted by Crippen LogP contribution is 2.06. The first kappa shape index (κ1) is 10.9. The fraction of sp³-hybridized carbons (Fsp3) is 0.714. The summed E-state index contributed by atoms with van der Waals surface area (Å²) >= 11 is 0. The fourth-order valence-electron chi connectivity index (χ4n) is 0.608. The zero-order chi connectivity index (χ0) is 9.78. The number of carboxylic acid groups (broad SMARTS) is 1. The number of carbonyl (C=O) groups excluding carboxylic acids is 1. The largest absolute Gasteiger partial charge is 0.526 e. The summed E-state index contributed by atoms with van der Waals surface area (Å²) in [6.07, 6.45) is -1.93. The van der Waals surface area contributed by atoms with E-state index in [4.69, 9.17) is 5.11 Å². The third-order valence-corrected chi connectivity index (χ3v) is 1.73. The number of rotatable bonds is 2. The van der Waals surface area contributed by atoms with E-state index in [2.05, 4.69) is 4.74 Å². The Morgan fingerprint density at radius 1 is 1.42 bits per heavy atom. The molecule has 1 unspecified atom stereocenters. The van der Waals surface area contributed by atoms with Gasteiger partial charge in [-0.25, -0.2) is 0 Å². The molecule has 0 radical (unpaired) electrons. The molecule has 0 aromatic heterocycles. The number of amides is 2. The van der Waals surface area contributed by atoms with Crippen molar-refractivity contribution in [2.24, 2.45) is 0 Å². The minimum Gasteiger partial charge on any atom is -0.435 e. The Hall–Kier alpha value is -1.10. The number of hydrogen-bond donors (Lipinski definition) is 1. The highest BCUT2D eigenvalue weighted by atomic mass is 16.6. The Morgan fingerprint density at radius 3 is 2.17 bits per heavy atom. The van der Waals surface area contributed by atoms with Crippen LogP contribution in [0.5, 0.6) is 0 Å². The predicted molar refractivity (Wildman–Crippen MR) is 41.8 cm³/mol. The maximum absolute atomic E-state index is 11.1. The number of quaternary nitrogens is 1. The normalized spacial score (nSPS) is 14.9. The molecule has 2 amide bonds. The van der Waals surface area contributed by atoms with Crippen LogP contribution in [0.25, 0.3) is 0 Å². The molecule has 12 heavy (non-hydrogen) atoms. The molecule has 0 aromatic carbocycles. The molecule has 0 rings (SSSR count). The lowest BCUT2D eigenvalue weighted by Crippen LogP contribution is -2.53. The van der Waals surface area contributed by atoms with Gasteiger partial charge in [0.1, 0.15) is 0 Å². The van der Waals surface area contributed by atoms with Gasteiger partial charge in [-0.05, 0) is 13.8 Å². The van der Waals surface area contributed by atoms with Gasteiger partial charge in [-0.2, -0.15) is 9.59 Å². The van der Waals surface area contributed by atoms with Crippen molar-refractivity contribution in [3.05, 3.63) is 0 Å². The molecule has 0 spiro atoms. The Labute approximate surface area is 71.1 Å². The van der Waals surface area contributed by atoms with Crippen LogP contribution < -0.4 is 0 Å². The summed E-state index contributed by atoms with van der Waals surface area (Å²) in [5.74, 6) is 0. The first-order chi connectivity index (χ1) is 5.49. The van der Waals surface area contributed by atoms with Crippen LogP contribution in [-0.4, -0.2) is 42.0 Å². The molecular weight excluding hydrogens is 162 g/mol. The zero-order valence-corrected chi connectivity index (χ0v) is 7.53. The molecular formula is C7H14NO4+. The van der Waals surface area contributed by atoms with Crippen molar-refractivity contribution in [3.63, 3.8) is 0 Å². The van der Waals surface area contributed by atoms with E-state index in [1.165, 1.54) is 7.05 Å². The highest BCUT2D eigenvalue weighted by molar-refractivity contribution is 5.74. The molecule has 5 nitrogen and oxygen atoms in total. The second-order valence-electron chi connectivity index (χ2n) is 2.49. The van der Waals surface area contributed by atoms with Crippen molar-refractivity contribution >= 4 is 12.2 Å². The van der Waals surface area contributed by atoms with Crippen LogP contribution in [0.3, 0.4) is 0 Å². The van der Waals surface area contributed by atoms with Crippen LogP contribution in [0, 0.1) is 0 Å². The van der Waals surface area contributed by atoms with Crippen molar-refractivity contribution < 1.29 is 23.9 Å². The van der Waals surface area contributed by atoms with Gasteiger partial charge in [0.25, 0.3) is 0 Å². The molecule has 0 fully saturated rings. The lowest BCUT2D eigenvalue weighted by atomic mass is 10.5. The van der Waals surface area contributed by atoms with Gasteiger partial charge in [0.05, 0.1) is 20.2 Å². The molecule has 0 saturated heterocycles.